The number of aliphatic hydroxyl groups excluding tert-OH is 1. The monoisotopic (exact) mass is 308 g/mol. The molecule has 0 saturated heterocycles. The van der Waals surface area contributed by atoms with Gasteiger partial charge in [-0.25, -0.2) is 8.77 Å². The minimum atomic E-state index is -0.403. The molecule has 0 unspecified atom stereocenters. The summed E-state index contributed by atoms with van der Waals surface area (Å²) in [6.07, 6.45) is 1.49. The smallest absolute Gasteiger partial charge is 0.341 e. The number of aromatic nitrogens is 2. The van der Waals surface area contributed by atoms with Gasteiger partial charge in [0.25, 0.3) is 5.56 Å². The van der Waals surface area contributed by atoms with Crippen LogP contribution in [0.25, 0.3) is 0 Å². The largest absolute Gasteiger partial charge is 0.394 e. The minimum absolute atomic E-state index is 0.0584. The third-order valence-electron chi connectivity index (χ3n) is 2.77. The third-order valence-corrected chi connectivity index (χ3v) is 3.71. The van der Waals surface area contributed by atoms with Crippen molar-refractivity contribution in [3.05, 3.63) is 62.9 Å². The molecule has 0 atom stereocenters. The highest BCUT2D eigenvalue weighted by atomic mass is 32.2. The van der Waals surface area contributed by atoms with Crippen molar-refractivity contribution in [2.24, 2.45) is 7.05 Å². The van der Waals surface area contributed by atoms with Crippen LogP contribution in [0.5, 0.6) is 0 Å². The Morgan fingerprint density at radius 2 is 1.95 bits per heavy atom. The number of nitrogens with zero attached hydrogens (tertiary/aromatic N) is 2. The van der Waals surface area contributed by atoms with Gasteiger partial charge < -0.3 is 9.84 Å². The second-order valence-corrected chi connectivity index (χ2v) is 5.35. The van der Waals surface area contributed by atoms with E-state index in [9.17, 15) is 9.59 Å². The van der Waals surface area contributed by atoms with Crippen LogP contribution in [0, 0.1) is 0 Å². The van der Waals surface area contributed by atoms with Crippen molar-refractivity contribution in [2.45, 2.75) is 11.5 Å². The second kappa shape index (κ2) is 7.26. The van der Waals surface area contributed by atoms with E-state index in [1.807, 2.05) is 30.3 Å². The maximum absolute atomic E-state index is 12.1. The molecular formula is C14H16N2O4S. The molecule has 0 bridgehead atoms. The highest BCUT2D eigenvalue weighted by Crippen LogP contribution is 2.17. The predicted octanol–water partition coefficient (Wildman–Crippen LogP) is 0.611. The number of aliphatic hydroxyl groups is 1. The van der Waals surface area contributed by atoms with Gasteiger partial charge in [-0.05, 0) is 24.1 Å². The molecular weight excluding hydrogens is 292 g/mol. The van der Waals surface area contributed by atoms with Crippen LogP contribution in [-0.4, -0.2) is 26.9 Å². The summed E-state index contributed by atoms with van der Waals surface area (Å²) >= 11 is 1.23. The fourth-order valence-corrected chi connectivity index (χ4v) is 2.59. The molecule has 0 spiro atoms. The van der Waals surface area contributed by atoms with Crippen molar-refractivity contribution in [3.8, 4) is 0 Å². The average Bonchev–Trinajstić information content (AvgIpc) is 2.51. The van der Waals surface area contributed by atoms with E-state index in [0.717, 1.165) is 9.46 Å². The molecule has 6 nitrogen and oxygen atoms in total. The average molecular weight is 308 g/mol. The van der Waals surface area contributed by atoms with E-state index >= 15 is 0 Å². The summed E-state index contributed by atoms with van der Waals surface area (Å²) in [7, 11) is 1.43. The van der Waals surface area contributed by atoms with Gasteiger partial charge in [-0.2, -0.15) is 0 Å². The van der Waals surface area contributed by atoms with Crippen molar-refractivity contribution < 1.29 is 9.84 Å². The van der Waals surface area contributed by atoms with Crippen LogP contribution in [0.4, 0.5) is 0 Å². The highest BCUT2D eigenvalue weighted by Gasteiger charge is 2.10. The van der Waals surface area contributed by atoms with Crippen LogP contribution in [0.3, 0.4) is 0 Å². The van der Waals surface area contributed by atoms with Gasteiger partial charge in [-0.15, -0.1) is 0 Å². The lowest BCUT2D eigenvalue weighted by Gasteiger charge is -2.10. The van der Waals surface area contributed by atoms with Gasteiger partial charge >= 0.3 is 5.69 Å². The van der Waals surface area contributed by atoms with Crippen molar-refractivity contribution in [2.75, 3.05) is 13.2 Å². The van der Waals surface area contributed by atoms with Gasteiger partial charge in [-0.1, -0.05) is 18.2 Å². The van der Waals surface area contributed by atoms with Gasteiger partial charge in [0.1, 0.15) is 0 Å². The van der Waals surface area contributed by atoms with Gasteiger partial charge in [0.2, 0.25) is 0 Å². The molecule has 1 aromatic carbocycles. The fourth-order valence-electron chi connectivity index (χ4n) is 1.71. The van der Waals surface area contributed by atoms with Crippen molar-refractivity contribution in [1.29, 1.82) is 0 Å². The molecule has 0 aliphatic rings. The molecule has 21 heavy (non-hydrogen) atoms. The van der Waals surface area contributed by atoms with Gasteiger partial charge in [0.15, 0.2) is 0 Å². The van der Waals surface area contributed by atoms with E-state index in [1.54, 1.807) is 0 Å². The molecule has 1 heterocycles. The first-order valence-electron chi connectivity index (χ1n) is 6.37. The van der Waals surface area contributed by atoms with Crippen molar-refractivity contribution in [3.63, 3.8) is 0 Å². The summed E-state index contributed by atoms with van der Waals surface area (Å²) < 4.78 is 7.61. The number of ether oxygens (including phenoxy) is 1. The first-order valence-corrected chi connectivity index (χ1v) is 7.14. The summed E-state index contributed by atoms with van der Waals surface area (Å²) in [5.41, 5.74) is -0.420. The molecule has 0 amide bonds. The number of benzene rings is 1. The Kier molecular flexibility index (Phi) is 5.38. The molecule has 7 heteroatoms. The lowest BCUT2D eigenvalue weighted by molar-refractivity contribution is 0.0805. The molecule has 0 aliphatic heterocycles. The lowest BCUT2D eigenvalue weighted by Crippen LogP contribution is -2.38. The van der Waals surface area contributed by atoms with E-state index in [4.69, 9.17) is 9.84 Å². The minimum Gasteiger partial charge on any atom is -0.394 e. The third kappa shape index (κ3) is 3.84. The molecule has 1 aromatic heterocycles. The van der Waals surface area contributed by atoms with E-state index in [2.05, 4.69) is 0 Å². The molecule has 0 radical (unpaired) electrons. The highest BCUT2D eigenvalue weighted by molar-refractivity contribution is 7.97. The number of hydrogen-bond acceptors (Lipinski definition) is 5. The Bertz CT molecular complexity index is 709. The van der Waals surface area contributed by atoms with E-state index < -0.39 is 5.69 Å². The topological polar surface area (TPSA) is 73.5 Å². The normalized spacial score (nSPS) is 10.8. The summed E-state index contributed by atoms with van der Waals surface area (Å²) in [4.78, 5) is 25.0. The Labute approximate surface area is 125 Å². The van der Waals surface area contributed by atoms with Gasteiger partial charge in [-0.3, -0.25) is 9.36 Å². The Balaban J connectivity index is 2.33. The summed E-state index contributed by atoms with van der Waals surface area (Å²) in [5, 5.41) is 8.69. The number of rotatable bonds is 6. The SMILES string of the molecule is Cn1c(=O)c(COCCO)cn(Sc2ccccc2)c1=O. The summed E-state index contributed by atoms with van der Waals surface area (Å²) in [5.74, 6) is 0. The molecule has 0 aliphatic carbocycles. The van der Waals surface area contributed by atoms with Gasteiger partial charge in [0, 0.05) is 18.1 Å². The standard InChI is InChI=1S/C14H16N2O4S/c1-15-13(18)11(10-20-8-7-17)9-16(14(15)19)21-12-5-3-2-4-6-12/h2-6,9,17H,7-8,10H2,1H3. The fraction of sp³-hybridized carbons (Fsp3) is 0.286. The zero-order valence-electron chi connectivity index (χ0n) is 11.6. The van der Waals surface area contributed by atoms with E-state index in [-0.39, 0.29) is 25.4 Å². The lowest BCUT2D eigenvalue weighted by atomic mass is 10.3. The molecule has 1 N–H and O–H groups in total. The Morgan fingerprint density at radius 1 is 1.24 bits per heavy atom. The zero-order valence-corrected chi connectivity index (χ0v) is 12.4. The van der Waals surface area contributed by atoms with E-state index in [1.165, 1.54) is 29.2 Å². The zero-order chi connectivity index (χ0) is 15.2. The number of hydrogen-bond donors (Lipinski definition) is 1. The summed E-state index contributed by atoms with van der Waals surface area (Å²) in [6.45, 7) is 0.0929. The van der Waals surface area contributed by atoms with Crippen molar-refractivity contribution >= 4 is 11.9 Å². The van der Waals surface area contributed by atoms with Crippen LogP contribution < -0.4 is 11.2 Å². The van der Waals surface area contributed by atoms with Gasteiger partial charge in [0.05, 0.1) is 25.4 Å². The second-order valence-electron chi connectivity index (χ2n) is 4.31. The Hall–Kier alpha value is -1.83. The molecule has 2 rings (SSSR count). The van der Waals surface area contributed by atoms with E-state index in [0.29, 0.717) is 5.56 Å². The first-order chi connectivity index (χ1) is 10.1. The molecule has 112 valence electrons. The van der Waals surface area contributed by atoms with Crippen LogP contribution in [0.15, 0.2) is 51.0 Å². The van der Waals surface area contributed by atoms with Crippen LogP contribution in [0.1, 0.15) is 5.56 Å². The molecule has 0 saturated carbocycles. The quantitative estimate of drug-likeness (QED) is 0.792. The summed E-state index contributed by atoms with van der Waals surface area (Å²) in [6, 6.07) is 9.40. The van der Waals surface area contributed by atoms with Crippen LogP contribution >= 0.6 is 11.9 Å². The maximum Gasteiger partial charge on any atom is 0.341 e. The van der Waals surface area contributed by atoms with Crippen molar-refractivity contribution in [1.82, 2.24) is 8.54 Å². The van der Waals surface area contributed by atoms with Crippen LogP contribution in [0.2, 0.25) is 0 Å². The molecule has 2 aromatic rings. The first kappa shape index (κ1) is 15.6. The Morgan fingerprint density at radius 3 is 2.62 bits per heavy atom. The predicted molar refractivity (Wildman–Crippen MR) is 80.4 cm³/mol. The van der Waals surface area contributed by atoms with Crippen LogP contribution in [-0.2, 0) is 18.4 Å². The maximum atomic E-state index is 12.1. The molecule has 0 fully saturated rings.